The van der Waals surface area contributed by atoms with Gasteiger partial charge in [-0.15, -0.1) is 0 Å². The van der Waals surface area contributed by atoms with Gasteiger partial charge in [-0.05, 0) is 59.4 Å². The summed E-state index contributed by atoms with van der Waals surface area (Å²) < 4.78 is 70.6. The summed E-state index contributed by atoms with van der Waals surface area (Å²) in [5.74, 6) is 1.23. The number of carbonyl (C=O) groups is 1. The number of esters is 1. The first-order valence-electron chi connectivity index (χ1n) is 14.4. The first kappa shape index (κ1) is 29.3. The lowest BCUT2D eigenvalue weighted by Gasteiger charge is -2.31. The Morgan fingerprint density at radius 1 is 1.02 bits per heavy atom. The minimum atomic E-state index is -4.54. The maximum atomic E-state index is 14.2. The second-order valence-electron chi connectivity index (χ2n) is 11.3. The number of halogens is 3. The number of methoxy groups -OCH3 is 1. The number of carbonyl (C=O) groups excluding carboxylic acids is 1. The second-order valence-corrected chi connectivity index (χ2v) is 11.3. The number of alkyl halides is 3. The topological polar surface area (TPSA) is 83.5 Å². The van der Waals surface area contributed by atoms with Crippen LogP contribution in [0.2, 0.25) is 0 Å². The lowest BCUT2D eigenvalue weighted by molar-refractivity contribution is -0.141. The summed E-state index contributed by atoms with van der Waals surface area (Å²) in [6.45, 7) is 1.37. The molecular formula is C33H33F3O7. The summed E-state index contributed by atoms with van der Waals surface area (Å²) in [7, 11) is 1.35. The lowest BCUT2D eigenvalue weighted by atomic mass is 9.91. The van der Waals surface area contributed by atoms with E-state index in [-0.39, 0.29) is 30.5 Å². The molecule has 7 nitrogen and oxygen atoms in total. The molecule has 1 aliphatic carbocycles. The number of aliphatic hydroxyl groups is 1. The second kappa shape index (κ2) is 11.7. The molecule has 1 N–H and O–H groups in total. The Morgan fingerprint density at radius 3 is 2.47 bits per heavy atom. The van der Waals surface area contributed by atoms with Crippen LogP contribution in [-0.2, 0) is 26.9 Å². The Labute approximate surface area is 247 Å². The van der Waals surface area contributed by atoms with Crippen LogP contribution in [0.3, 0.4) is 0 Å². The van der Waals surface area contributed by atoms with Crippen LogP contribution in [0.25, 0.3) is 11.1 Å². The molecule has 2 heterocycles. The molecule has 6 rings (SSSR count). The van der Waals surface area contributed by atoms with Crippen LogP contribution in [0.5, 0.6) is 17.2 Å². The number of ether oxygens (including phenoxy) is 5. The van der Waals surface area contributed by atoms with Gasteiger partial charge in [0.15, 0.2) is 0 Å². The Bertz CT molecular complexity index is 1480. The highest BCUT2D eigenvalue weighted by Crippen LogP contribution is 2.47. The van der Waals surface area contributed by atoms with Crippen molar-refractivity contribution in [2.24, 2.45) is 0 Å². The lowest BCUT2D eigenvalue weighted by Crippen LogP contribution is -2.41. The molecule has 228 valence electrons. The molecule has 0 saturated carbocycles. The number of benzene rings is 3. The Hall–Kier alpha value is -3.76. The normalized spacial score (nSPS) is 20.6. The van der Waals surface area contributed by atoms with Gasteiger partial charge in [-0.1, -0.05) is 24.3 Å². The SMILES string of the molecule is COC(=O)CC1COc2cc(OC3CCc4c3ccc(C(F)(F)F)c4-c3ccc(OCC4(O)CCOCC4)cc3)ccc21. The van der Waals surface area contributed by atoms with Crippen LogP contribution < -0.4 is 14.2 Å². The van der Waals surface area contributed by atoms with Gasteiger partial charge in [0.25, 0.3) is 0 Å². The smallest absolute Gasteiger partial charge is 0.417 e. The Kier molecular flexibility index (Phi) is 8.00. The van der Waals surface area contributed by atoms with Crippen LogP contribution in [0.15, 0.2) is 54.6 Å². The summed E-state index contributed by atoms with van der Waals surface area (Å²) >= 11 is 0. The number of hydrogen-bond acceptors (Lipinski definition) is 7. The van der Waals surface area contributed by atoms with Crippen molar-refractivity contribution in [3.8, 4) is 28.4 Å². The van der Waals surface area contributed by atoms with Crippen molar-refractivity contribution in [3.63, 3.8) is 0 Å². The molecule has 3 aromatic rings. The third kappa shape index (κ3) is 6.17. The fourth-order valence-electron chi connectivity index (χ4n) is 6.13. The van der Waals surface area contributed by atoms with Crippen LogP contribution in [0.4, 0.5) is 13.2 Å². The number of fused-ring (bicyclic) bond motifs is 2. The molecule has 43 heavy (non-hydrogen) atoms. The van der Waals surface area contributed by atoms with Gasteiger partial charge in [0.1, 0.15) is 35.6 Å². The minimum absolute atomic E-state index is 0.0862. The van der Waals surface area contributed by atoms with Gasteiger partial charge in [0.05, 0.1) is 25.7 Å². The molecule has 2 unspecified atom stereocenters. The molecule has 2 atom stereocenters. The van der Waals surface area contributed by atoms with Crippen LogP contribution in [-0.4, -0.2) is 50.2 Å². The third-order valence-corrected chi connectivity index (χ3v) is 8.52. The summed E-state index contributed by atoms with van der Waals surface area (Å²) in [5.41, 5.74) is 1.13. The molecule has 0 amide bonds. The maximum Gasteiger partial charge on any atom is 0.417 e. The zero-order valence-corrected chi connectivity index (χ0v) is 23.7. The molecule has 0 bridgehead atoms. The average molecular weight is 599 g/mol. The summed E-state index contributed by atoms with van der Waals surface area (Å²) in [6, 6.07) is 14.6. The van der Waals surface area contributed by atoms with E-state index in [0.29, 0.717) is 73.9 Å². The van der Waals surface area contributed by atoms with E-state index < -0.39 is 23.4 Å². The first-order chi connectivity index (χ1) is 20.6. The Morgan fingerprint density at radius 2 is 1.74 bits per heavy atom. The summed E-state index contributed by atoms with van der Waals surface area (Å²) in [6.07, 6.45) is -2.87. The number of hydrogen-bond donors (Lipinski definition) is 1. The van der Waals surface area contributed by atoms with Crippen molar-refractivity contribution in [1.29, 1.82) is 0 Å². The van der Waals surface area contributed by atoms with Crippen LogP contribution >= 0.6 is 0 Å². The molecule has 1 fully saturated rings. The molecule has 3 aliphatic rings. The monoisotopic (exact) mass is 598 g/mol. The van der Waals surface area contributed by atoms with Gasteiger partial charge >= 0.3 is 12.1 Å². The van der Waals surface area contributed by atoms with Gasteiger partial charge in [-0.2, -0.15) is 13.2 Å². The minimum Gasteiger partial charge on any atom is -0.492 e. The van der Waals surface area contributed by atoms with Crippen molar-refractivity contribution in [2.75, 3.05) is 33.5 Å². The van der Waals surface area contributed by atoms with Crippen molar-refractivity contribution >= 4 is 5.97 Å². The quantitative estimate of drug-likeness (QED) is 0.301. The molecule has 10 heteroatoms. The standard InChI is InChI=1S/C33H33F3O7/c1-39-30(37)16-21-18-41-29-17-23(6-7-24(21)29)43-28-11-9-26-25(28)8-10-27(33(34,35)36)31(26)20-2-4-22(5-3-20)42-19-32(38)12-14-40-15-13-32/h2-8,10,17,21,28,38H,9,11-16,18-19H2,1H3. The van der Waals surface area contributed by atoms with E-state index in [9.17, 15) is 23.1 Å². The van der Waals surface area contributed by atoms with Crippen molar-refractivity contribution in [3.05, 3.63) is 76.9 Å². The summed E-state index contributed by atoms with van der Waals surface area (Å²) in [5, 5.41) is 10.7. The van der Waals surface area contributed by atoms with E-state index in [4.69, 9.17) is 23.7 Å². The first-order valence-corrected chi connectivity index (χ1v) is 14.4. The maximum absolute atomic E-state index is 14.2. The fraction of sp³-hybridized carbons (Fsp3) is 0.424. The molecular weight excluding hydrogens is 565 g/mol. The summed E-state index contributed by atoms with van der Waals surface area (Å²) in [4.78, 5) is 11.7. The highest BCUT2D eigenvalue weighted by molar-refractivity contribution is 5.75. The van der Waals surface area contributed by atoms with Gasteiger partial charge in [0, 0.05) is 43.6 Å². The fourth-order valence-corrected chi connectivity index (χ4v) is 6.13. The van der Waals surface area contributed by atoms with Crippen molar-refractivity contribution in [2.45, 2.75) is 55.9 Å². The highest BCUT2D eigenvalue weighted by atomic mass is 19.4. The van der Waals surface area contributed by atoms with Gasteiger partial charge in [0.2, 0.25) is 0 Å². The van der Waals surface area contributed by atoms with Crippen LogP contribution in [0, 0.1) is 0 Å². The van der Waals surface area contributed by atoms with E-state index >= 15 is 0 Å². The van der Waals surface area contributed by atoms with E-state index in [1.165, 1.54) is 13.2 Å². The zero-order valence-electron chi connectivity index (χ0n) is 23.7. The highest BCUT2D eigenvalue weighted by Gasteiger charge is 2.38. The molecule has 0 spiro atoms. The predicted octanol–water partition coefficient (Wildman–Crippen LogP) is 6.40. The van der Waals surface area contributed by atoms with Gasteiger partial charge in [-0.3, -0.25) is 4.79 Å². The molecule has 0 aromatic heterocycles. The number of rotatable bonds is 8. The molecule has 3 aromatic carbocycles. The van der Waals surface area contributed by atoms with Crippen molar-refractivity contribution in [1.82, 2.24) is 0 Å². The van der Waals surface area contributed by atoms with Gasteiger partial charge in [-0.25, -0.2) is 0 Å². The van der Waals surface area contributed by atoms with E-state index in [1.54, 1.807) is 36.4 Å². The van der Waals surface area contributed by atoms with E-state index in [1.807, 2.05) is 6.07 Å². The van der Waals surface area contributed by atoms with Crippen LogP contribution in [0.1, 0.15) is 60.0 Å². The van der Waals surface area contributed by atoms with E-state index in [0.717, 1.165) is 17.2 Å². The zero-order chi connectivity index (χ0) is 30.2. The predicted molar refractivity (Wildman–Crippen MR) is 150 cm³/mol. The van der Waals surface area contributed by atoms with Gasteiger partial charge < -0.3 is 28.8 Å². The molecule has 1 saturated heterocycles. The third-order valence-electron chi connectivity index (χ3n) is 8.52. The van der Waals surface area contributed by atoms with Crippen molar-refractivity contribution < 1.29 is 46.8 Å². The average Bonchev–Trinajstić information content (AvgIpc) is 3.59. The molecule has 2 aliphatic heterocycles. The Balaban J connectivity index is 1.23. The largest absolute Gasteiger partial charge is 0.492 e. The van der Waals surface area contributed by atoms with E-state index in [2.05, 4.69) is 0 Å². The molecule has 0 radical (unpaired) electrons.